The first-order valence-electron chi connectivity index (χ1n) is 7.25. The van der Waals surface area contributed by atoms with E-state index in [2.05, 4.69) is 5.32 Å². The first-order chi connectivity index (χ1) is 10.0. The predicted octanol–water partition coefficient (Wildman–Crippen LogP) is 4.47. The molecule has 0 bridgehead atoms. The van der Waals surface area contributed by atoms with Crippen molar-refractivity contribution < 1.29 is 8.78 Å². The van der Waals surface area contributed by atoms with Crippen LogP contribution in [0.3, 0.4) is 0 Å². The third-order valence-electron chi connectivity index (χ3n) is 3.71. The number of hydrogen-bond donors (Lipinski definition) is 1. The van der Waals surface area contributed by atoms with Crippen molar-refractivity contribution in [1.82, 2.24) is 5.32 Å². The Hall–Kier alpha value is -1.74. The molecule has 0 aliphatic heterocycles. The Balaban J connectivity index is 2.30. The summed E-state index contributed by atoms with van der Waals surface area (Å²) in [6, 6.07) is 9.94. The van der Waals surface area contributed by atoms with Gasteiger partial charge in [0.25, 0.3) is 0 Å². The van der Waals surface area contributed by atoms with Gasteiger partial charge in [0.1, 0.15) is 11.6 Å². The van der Waals surface area contributed by atoms with Crippen molar-refractivity contribution in [2.75, 3.05) is 6.54 Å². The second kappa shape index (κ2) is 6.81. The molecule has 0 radical (unpaired) electrons. The quantitative estimate of drug-likeness (QED) is 0.856. The van der Waals surface area contributed by atoms with Gasteiger partial charge in [-0.25, -0.2) is 8.78 Å². The third-order valence-corrected chi connectivity index (χ3v) is 3.71. The molecule has 0 aliphatic carbocycles. The van der Waals surface area contributed by atoms with E-state index in [0.717, 1.165) is 23.2 Å². The van der Waals surface area contributed by atoms with Gasteiger partial charge in [-0.05, 0) is 61.7 Å². The first-order valence-corrected chi connectivity index (χ1v) is 7.25. The highest BCUT2D eigenvalue weighted by Gasteiger charge is 2.16. The Morgan fingerprint density at radius 1 is 1.05 bits per heavy atom. The molecule has 112 valence electrons. The summed E-state index contributed by atoms with van der Waals surface area (Å²) in [6.07, 6.45) is 0.639. The number of hydrogen-bond acceptors (Lipinski definition) is 1. The number of aryl methyl sites for hydroxylation is 2. The maximum absolute atomic E-state index is 14.2. The zero-order valence-corrected chi connectivity index (χ0v) is 12.7. The first kappa shape index (κ1) is 15.6. The molecule has 21 heavy (non-hydrogen) atoms. The molecule has 0 aliphatic rings. The smallest absolute Gasteiger partial charge is 0.128 e. The Kier molecular flexibility index (Phi) is 5.07. The standard InChI is InChI=1S/C18H21F2N/c1-4-21-18(16-8-5-12(2)9-17(16)20)11-14-6-7-15(19)10-13(14)3/h5-10,18,21H,4,11H2,1-3H3. The average Bonchev–Trinajstić information content (AvgIpc) is 2.41. The summed E-state index contributed by atoms with van der Waals surface area (Å²) in [7, 11) is 0. The van der Waals surface area contributed by atoms with Gasteiger partial charge in [-0.1, -0.05) is 25.1 Å². The van der Waals surface area contributed by atoms with Crippen LogP contribution in [0, 0.1) is 25.5 Å². The van der Waals surface area contributed by atoms with Gasteiger partial charge in [0.05, 0.1) is 0 Å². The summed E-state index contributed by atoms with van der Waals surface area (Å²) in [6.45, 7) is 6.50. The topological polar surface area (TPSA) is 12.0 Å². The highest BCUT2D eigenvalue weighted by atomic mass is 19.1. The van der Waals surface area contributed by atoms with Crippen LogP contribution < -0.4 is 5.32 Å². The zero-order chi connectivity index (χ0) is 15.4. The van der Waals surface area contributed by atoms with E-state index in [9.17, 15) is 8.78 Å². The lowest BCUT2D eigenvalue weighted by atomic mass is 9.95. The summed E-state index contributed by atoms with van der Waals surface area (Å²) in [5.41, 5.74) is 3.49. The normalized spacial score (nSPS) is 12.4. The summed E-state index contributed by atoms with van der Waals surface area (Å²) in [5, 5.41) is 3.32. The van der Waals surface area contributed by atoms with E-state index < -0.39 is 0 Å². The monoisotopic (exact) mass is 289 g/mol. The van der Waals surface area contributed by atoms with E-state index in [0.29, 0.717) is 12.0 Å². The molecule has 0 fully saturated rings. The molecule has 2 aromatic carbocycles. The van der Waals surface area contributed by atoms with Crippen LogP contribution in [0.5, 0.6) is 0 Å². The van der Waals surface area contributed by atoms with Crippen molar-refractivity contribution in [3.05, 3.63) is 70.3 Å². The molecule has 2 rings (SSSR count). The van der Waals surface area contributed by atoms with Crippen molar-refractivity contribution in [1.29, 1.82) is 0 Å². The number of halogens is 2. The Morgan fingerprint density at radius 3 is 2.43 bits per heavy atom. The van der Waals surface area contributed by atoms with Crippen molar-refractivity contribution >= 4 is 0 Å². The minimum absolute atomic E-state index is 0.111. The van der Waals surface area contributed by atoms with Crippen LogP contribution in [0.15, 0.2) is 36.4 Å². The number of rotatable bonds is 5. The molecule has 1 unspecified atom stereocenters. The molecule has 0 saturated heterocycles. The molecule has 0 saturated carbocycles. The maximum atomic E-state index is 14.2. The van der Waals surface area contributed by atoms with Gasteiger partial charge in [-0.2, -0.15) is 0 Å². The molecule has 2 aromatic rings. The number of likely N-dealkylation sites (N-methyl/N-ethyl adjacent to an activating group) is 1. The van der Waals surface area contributed by atoms with Crippen molar-refractivity contribution in [2.24, 2.45) is 0 Å². The van der Waals surface area contributed by atoms with Crippen LogP contribution in [0.2, 0.25) is 0 Å². The fourth-order valence-corrected chi connectivity index (χ4v) is 2.56. The molecule has 1 nitrogen and oxygen atoms in total. The number of benzene rings is 2. The van der Waals surface area contributed by atoms with Crippen LogP contribution in [0.1, 0.15) is 35.2 Å². The Morgan fingerprint density at radius 2 is 1.81 bits per heavy atom. The molecular formula is C18H21F2N. The summed E-state index contributed by atoms with van der Waals surface area (Å²) < 4.78 is 27.4. The van der Waals surface area contributed by atoms with Crippen LogP contribution in [-0.4, -0.2) is 6.54 Å². The molecule has 0 amide bonds. The lowest BCUT2D eigenvalue weighted by molar-refractivity contribution is 0.508. The van der Waals surface area contributed by atoms with Crippen molar-refractivity contribution in [2.45, 2.75) is 33.2 Å². The third kappa shape index (κ3) is 3.88. The summed E-state index contributed by atoms with van der Waals surface area (Å²) in [5.74, 6) is -0.432. The summed E-state index contributed by atoms with van der Waals surface area (Å²) >= 11 is 0. The van der Waals surface area contributed by atoms with Gasteiger partial charge < -0.3 is 5.32 Å². The maximum Gasteiger partial charge on any atom is 0.128 e. The van der Waals surface area contributed by atoms with Gasteiger partial charge >= 0.3 is 0 Å². The molecule has 0 spiro atoms. The molecule has 1 N–H and O–H groups in total. The average molecular weight is 289 g/mol. The number of nitrogens with one attached hydrogen (secondary N) is 1. The lowest BCUT2D eigenvalue weighted by Crippen LogP contribution is -2.24. The van der Waals surface area contributed by atoms with Crippen molar-refractivity contribution in [3.8, 4) is 0 Å². The Labute approximate surface area is 125 Å². The van der Waals surface area contributed by atoms with Gasteiger partial charge in [0, 0.05) is 11.6 Å². The van der Waals surface area contributed by atoms with Crippen molar-refractivity contribution in [3.63, 3.8) is 0 Å². The molecule has 3 heteroatoms. The van der Waals surface area contributed by atoms with Crippen LogP contribution in [0.4, 0.5) is 8.78 Å². The van der Waals surface area contributed by atoms with E-state index in [-0.39, 0.29) is 17.7 Å². The highest BCUT2D eigenvalue weighted by molar-refractivity contribution is 5.31. The molecule has 0 heterocycles. The van der Waals surface area contributed by atoms with Crippen LogP contribution in [0.25, 0.3) is 0 Å². The second-order valence-electron chi connectivity index (χ2n) is 5.41. The molecule has 0 aromatic heterocycles. The van der Waals surface area contributed by atoms with Crippen LogP contribution in [-0.2, 0) is 6.42 Å². The highest BCUT2D eigenvalue weighted by Crippen LogP contribution is 2.24. The van der Waals surface area contributed by atoms with E-state index >= 15 is 0 Å². The molecular weight excluding hydrogens is 268 g/mol. The Bertz CT molecular complexity index is 623. The van der Waals surface area contributed by atoms with Gasteiger partial charge in [-0.15, -0.1) is 0 Å². The van der Waals surface area contributed by atoms with E-state index in [4.69, 9.17) is 0 Å². The molecule has 1 atom stereocenters. The SMILES string of the molecule is CCNC(Cc1ccc(F)cc1C)c1ccc(C)cc1F. The van der Waals surface area contributed by atoms with Gasteiger partial charge in [0.2, 0.25) is 0 Å². The minimum Gasteiger partial charge on any atom is -0.310 e. The van der Waals surface area contributed by atoms with Crippen LogP contribution >= 0.6 is 0 Å². The fraction of sp³-hybridized carbons (Fsp3) is 0.333. The second-order valence-corrected chi connectivity index (χ2v) is 5.41. The van der Waals surface area contributed by atoms with E-state index in [1.807, 2.05) is 32.9 Å². The van der Waals surface area contributed by atoms with E-state index in [1.54, 1.807) is 12.1 Å². The van der Waals surface area contributed by atoms with Gasteiger partial charge in [0.15, 0.2) is 0 Å². The lowest BCUT2D eigenvalue weighted by Gasteiger charge is -2.20. The van der Waals surface area contributed by atoms with E-state index in [1.165, 1.54) is 12.1 Å². The largest absolute Gasteiger partial charge is 0.310 e. The zero-order valence-electron chi connectivity index (χ0n) is 12.7. The predicted molar refractivity (Wildman–Crippen MR) is 82.4 cm³/mol. The fourth-order valence-electron chi connectivity index (χ4n) is 2.56. The minimum atomic E-state index is -0.238. The van der Waals surface area contributed by atoms with Gasteiger partial charge in [-0.3, -0.25) is 0 Å². The summed E-state index contributed by atoms with van der Waals surface area (Å²) in [4.78, 5) is 0.